The fourth-order valence-electron chi connectivity index (χ4n) is 2.31. The first-order valence-corrected chi connectivity index (χ1v) is 6.83. The topological polar surface area (TPSA) is 49.4 Å². The van der Waals surface area contributed by atoms with E-state index in [2.05, 4.69) is 31.0 Å². The Morgan fingerprint density at radius 3 is 2.58 bits per heavy atom. The number of amides is 1. The lowest BCUT2D eigenvalue weighted by atomic mass is 10.1. The monoisotopic (exact) mass is 280 g/mol. The minimum atomic E-state index is -0.588. The molecule has 0 bridgehead atoms. The van der Waals surface area contributed by atoms with Gasteiger partial charge in [0, 0.05) is 12.6 Å². The normalized spacial score (nSPS) is 15.2. The summed E-state index contributed by atoms with van der Waals surface area (Å²) in [7, 11) is 0. The molecule has 4 nitrogen and oxygen atoms in total. The summed E-state index contributed by atoms with van der Waals surface area (Å²) in [4.78, 5) is 25.1. The number of hydrogen-bond acceptors (Lipinski definition) is 3. The average Bonchev–Trinajstić information content (AvgIpc) is 2.66. The van der Waals surface area contributed by atoms with Gasteiger partial charge in [0.1, 0.15) is 0 Å². The van der Waals surface area contributed by atoms with Crippen molar-refractivity contribution in [2.75, 3.05) is 16.8 Å². The van der Waals surface area contributed by atoms with E-state index in [0.717, 1.165) is 18.7 Å². The summed E-state index contributed by atoms with van der Waals surface area (Å²) in [6.45, 7) is 7.10. The molecule has 1 aliphatic rings. The van der Waals surface area contributed by atoms with Crippen LogP contribution in [-0.2, 0) is 4.79 Å². The second-order valence-corrected chi connectivity index (χ2v) is 5.08. The van der Waals surface area contributed by atoms with Crippen molar-refractivity contribution < 1.29 is 9.59 Å². The molecule has 0 spiro atoms. The van der Waals surface area contributed by atoms with E-state index >= 15 is 0 Å². The van der Waals surface area contributed by atoms with Crippen LogP contribution in [0.1, 0.15) is 37.6 Å². The minimum Gasteiger partial charge on any atom is -0.368 e. The number of nitrogens with one attached hydrogen (secondary N) is 1. The maximum atomic E-state index is 11.6. The molecule has 2 rings (SSSR count). The lowest BCUT2D eigenvalue weighted by Gasteiger charge is -2.30. The van der Waals surface area contributed by atoms with Crippen molar-refractivity contribution in [1.29, 1.82) is 0 Å². The third kappa shape index (κ3) is 2.32. The van der Waals surface area contributed by atoms with Crippen LogP contribution in [0.25, 0.3) is 0 Å². The number of anilines is 2. The van der Waals surface area contributed by atoms with Crippen molar-refractivity contribution in [2.45, 2.75) is 33.2 Å². The van der Waals surface area contributed by atoms with Gasteiger partial charge in [0.05, 0.1) is 22.0 Å². The number of hydrogen-bond donors (Lipinski definition) is 1. The van der Waals surface area contributed by atoms with Gasteiger partial charge in [-0.1, -0.05) is 18.5 Å². The quantitative estimate of drug-likeness (QED) is 0.862. The smallest absolute Gasteiger partial charge is 0.296 e. The van der Waals surface area contributed by atoms with Gasteiger partial charge >= 0.3 is 0 Å². The molecule has 19 heavy (non-hydrogen) atoms. The van der Waals surface area contributed by atoms with Gasteiger partial charge < -0.3 is 10.2 Å². The van der Waals surface area contributed by atoms with Gasteiger partial charge in [0.25, 0.3) is 11.7 Å². The third-order valence-corrected chi connectivity index (χ3v) is 3.86. The Morgan fingerprint density at radius 1 is 1.32 bits per heavy atom. The van der Waals surface area contributed by atoms with Crippen LogP contribution >= 0.6 is 11.6 Å². The fourth-order valence-corrected chi connectivity index (χ4v) is 2.59. The van der Waals surface area contributed by atoms with E-state index in [-0.39, 0.29) is 0 Å². The van der Waals surface area contributed by atoms with Gasteiger partial charge in [0.2, 0.25) is 0 Å². The first-order chi connectivity index (χ1) is 8.99. The number of carbonyl (C=O) groups excluding carboxylic acids is 2. The van der Waals surface area contributed by atoms with Crippen LogP contribution in [0.4, 0.5) is 11.4 Å². The first-order valence-electron chi connectivity index (χ1n) is 6.45. The van der Waals surface area contributed by atoms with Crippen molar-refractivity contribution in [3.63, 3.8) is 0 Å². The summed E-state index contributed by atoms with van der Waals surface area (Å²) >= 11 is 6.26. The second kappa shape index (κ2) is 5.21. The molecule has 0 radical (unpaired) electrons. The molecule has 1 heterocycles. The Hall–Kier alpha value is -1.55. The summed E-state index contributed by atoms with van der Waals surface area (Å²) in [6, 6.07) is 3.71. The number of rotatable bonds is 4. The van der Waals surface area contributed by atoms with Crippen LogP contribution < -0.4 is 10.2 Å². The molecule has 1 amide bonds. The zero-order valence-corrected chi connectivity index (χ0v) is 12.0. The summed E-state index contributed by atoms with van der Waals surface area (Å²) < 4.78 is 0. The Balaban J connectivity index is 2.47. The fraction of sp³-hybridized carbons (Fsp3) is 0.429. The van der Waals surface area contributed by atoms with E-state index in [1.807, 2.05) is 0 Å². The lowest BCUT2D eigenvalue weighted by Crippen LogP contribution is -2.32. The molecule has 1 aromatic rings. The highest BCUT2D eigenvalue weighted by atomic mass is 35.5. The molecule has 102 valence electrons. The van der Waals surface area contributed by atoms with E-state index in [1.54, 1.807) is 12.1 Å². The Kier molecular flexibility index (Phi) is 3.80. The highest BCUT2D eigenvalue weighted by Crippen LogP contribution is 2.36. The zero-order valence-electron chi connectivity index (χ0n) is 11.3. The van der Waals surface area contributed by atoms with Crippen LogP contribution in [-0.4, -0.2) is 24.3 Å². The molecule has 1 aliphatic heterocycles. The van der Waals surface area contributed by atoms with Crippen molar-refractivity contribution in [2.24, 2.45) is 0 Å². The molecule has 0 aliphatic carbocycles. The lowest BCUT2D eigenvalue weighted by molar-refractivity contribution is -0.112. The number of Topliss-reactive ketones (excluding diaryl/α,β-unsaturated/α-hetero) is 1. The van der Waals surface area contributed by atoms with Gasteiger partial charge in [-0.2, -0.15) is 0 Å². The van der Waals surface area contributed by atoms with Gasteiger partial charge in [-0.15, -0.1) is 0 Å². The predicted molar refractivity (Wildman–Crippen MR) is 77.2 cm³/mol. The van der Waals surface area contributed by atoms with Gasteiger partial charge in [0.15, 0.2) is 0 Å². The van der Waals surface area contributed by atoms with E-state index in [4.69, 9.17) is 11.6 Å². The molecular formula is C14H17ClN2O2. The van der Waals surface area contributed by atoms with Crippen LogP contribution in [0.3, 0.4) is 0 Å². The Labute approximate surface area is 117 Å². The van der Waals surface area contributed by atoms with E-state index in [9.17, 15) is 9.59 Å². The van der Waals surface area contributed by atoms with Gasteiger partial charge in [-0.05, 0) is 32.4 Å². The highest BCUT2D eigenvalue weighted by molar-refractivity contribution is 6.52. The average molecular weight is 281 g/mol. The van der Waals surface area contributed by atoms with Crippen LogP contribution in [0.5, 0.6) is 0 Å². The van der Waals surface area contributed by atoms with E-state index in [0.29, 0.717) is 22.3 Å². The molecule has 5 heteroatoms. The number of carbonyl (C=O) groups is 2. The van der Waals surface area contributed by atoms with Crippen LogP contribution in [0, 0.1) is 0 Å². The predicted octanol–water partition coefficient (Wildman–Crippen LogP) is 3.10. The molecule has 0 aromatic heterocycles. The van der Waals surface area contributed by atoms with Crippen molar-refractivity contribution in [3.05, 3.63) is 22.7 Å². The van der Waals surface area contributed by atoms with Crippen molar-refractivity contribution in [3.8, 4) is 0 Å². The maximum absolute atomic E-state index is 11.6. The van der Waals surface area contributed by atoms with Gasteiger partial charge in [-0.3, -0.25) is 9.59 Å². The van der Waals surface area contributed by atoms with Crippen LogP contribution in [0.15, 0.2) is 12.1 Å². The summed E-state index contributed by atoms with van der Waals surface area (Å²) in [5.74, 6) is -1.11. The molecule has 1 N–H and O–H groups in total. The minimum absolute atomic E-state index is 0.341. The largest absolute Gasteiger partial charge is 0.368 e. The number of ketones is 1. The summed E-state index contributed by atoms with van der Waals surface area (Å²) in [6.07, 6.45) is 0.993. The highest BCUT2D eigenvalue weighted by Gasteiger charge is 2.30. The van der Waals surface area contributed by atoms with Crippen molar-refractivity contribution in [1.82, 2.24) is 0 Å². The van der Waals surface area contributed by atoms with E-state index < -0.39 is 11.7 Å². The van der Waals surface area contributed by atoms with E-state index in [1.165, 1.54) is 0 Å². The Bertz CT molecular complexity index is 542. The Morgan fingerprint density at radius 2 is 2.00 bits per heavy atom. The molecule has 1 unspecified atom stereocenters. The molecular weight excluding hydrogens is 264 g/mol. The zero-order chi connectivity index (χ0) is 14.2. The summed E-state index contributed by atoms with van der Waals surface area (Å²) in [5.41, 5.74) is 1.77. The SMILES string of the molecule is CCC(C)N(CC)c1cc2c(cc1Cl)C(=O)C(=O)N2. The standard InChI is InChI=1S/C14H17ClN2O2/c1-4-8(3)17(5-2)12-7-11-9(6-10(12)15)13(18)14(19)16-11/h6-8H,4-5H2,1-3H3,(H,16,18,19). The maximum Gasteiger partial charge on any atom is 0.296 e. The molecule has 0 saturated heterocycles. The molecule has 1 aromatic carbocycles. The number of halogens is 1. The molecule has 1 atom stereocenters. The molecule has 0 fully saturated rings. The second-order valence-electron chi connectivity index (χ2n) is 4.68. The van der Waals surface area contributed by atoms with Gasteiger partial charge in [-0.25, -0.2) is 0 Å². The van der Waals surface area contributed by atoms with Crippen LogP contribution in [0.2, 0.25) is 5.02 Å². The van der Waals surface area contributed by atoms with Crippen molar-refractivity contribution >= 4 is 34.7 Å². The number of nitrogens with zero attached hydrogens (tertiary/aromatic N) is 1. The summed E-state index contributed by atoms with van der Waals surface area (Å²) in [5, 5.41) is 3.08. The number of fused-ring (bicyclic) bond motifs is 1. The molecule has 0 saturated carbocycles. The number of benzene rings is 1. The third-order valence-electron chi connectivity index (χ3n) is 3.56. The first kappa shape index (κ1) is 13.9.